The zero-order valence-electron chi connectivity index (χ0n) is 13.3. The zero-order valence-corrected chi connectivity index (χ0v) is 14.1. The second kappa shape index (κ2) is 7.01. The fraction of sp³-hybridized carbons (Fsp3) is 0.611. The molecule has 1 saturated carbocycles. The van der Waals surface area contributed by atoms with Gasteiger partial charge < -0.3 is 4.90 Å². The molecule has 2 aliphatic rings. The molecule has 2 fully saturated rings. The van der Waals surface area contributed by atoms with Crippen molar-refractivity contribution in [1.82, 2.24) is 9.80 Å². The van der Waals surface area contributed by atoms with E-state index in [-0.39, 0.29) is 0 Å². The van der Waals surface area contributed by atoms with Gasteiger partial charge in [0.05, 0.1) is 0 Å². The Morgan fingerprint density at radius 2 is 1.82 bits per heavy atom. The number of halogens is 1. The van der Waals surface area contributed by atoms with Gasteiger partial charge in [0, 0.05) is 31.1 Å². The fourth-order valence-corrected chi connectivity index (χ4v) is 3.42. The van der Waals surface area contributed by atoms with Crippen LogP contribution < -0.4 is 0 Å². The van der Waals surface area contributed by atoms with Gasteiger partial charge in [0.15, 0.2) is 0 Å². The minimum atomic E-state index is 0.343. The summed E-state index contributed by atoms with van der Waals surface area (Å²) < 4.78 is 0. The molecule has 1 saturated heterocycles. The molecule has 1 aromatic rings. The molecule has 0 bridgehead atoms. The summed E-state index contributed by atoms with van der Waals surface area (Å²) in [5.41, 5.74) is 1.32. The third kappa shape index (κ3) is 4.23. The predicted molar refractivity (Wildman–Crippen MR) is 89.8 cm³/mol. The minimum Gasteiger partial charge on any atom is -0.345 e. The number of hydrogen-bond acceptors (Lipinski definition) is 2. The lowest BCUT2D eigenvalue weighted by Gasteiger charge is -2.34. The quantitative estimate of drug-likeness (QED) is 0.830. The van der Waals surface area contributed by atoms with E-state index in [1.165, 1.54) is 18.4 Å². The third-order valence-corrected chi connectivity index (χ3v) is 5.11. The smallest absolute Gasteiger partial charge is 0.225 e. The zero-order chi connectivity index (χ0) is 15.5. The molecule has 4 heteroatoms. The van der Waals surface area contributed by atoms with Crippen LogP contribution in [0.2, 0.25) is 5.02 Å². The fourth-order valence-electron chi connectivity index (χ4n) is 3.29. The van der Waals surface area contributed by atoms with Crippen molar-refractivity contribution in [1.29, 1.82) is 0 Å². The highest BCUT2D eigenvalue weighted by atomic mass is 35.5. The lowest BCUT2D eigenvalue weighted by molar-refractivity contribution is -0.132. The molecule has 0 aromatic heterocycles. The normalized spacial score (nSPS) is 20.1. The van der Waals surface area contributed by atoms with Crippen LogP contribution >= 0.6 is 11.6 Å². The molecule has 0 unspecified atom stereocenters. The Labute approximate surface area is 138 Å². The summed E-state index contributed by atoms with van der Waals surface area (Å²) in [6.45, 7) is 4.18. The first-order valence-electron chi connectivity index (χ1n) is 8.33. The van der Waals surface area contributed by atoms with Gasteiger partial charge in [0.2, 0.25) is 5.91 Å². The van der Waals surface area contributed by atoms with Gasteiger partial charge in [-0.1, -0.05) is 23.7 Å². The van der Waals surface area contributed by atoms with Gasteiger partial charge >= 0.3 is 0 Å². The maximum atomic E-state index is 12.0. The van der Waals surface area contributed by atoms with E-state index in [1.807, 2.05) is 24.1 Å². The summed E-state index contributed by atoms with van der Waals surface area (Å²) in [5, 5.41) is 0.797. The Balaban J connectivity index is 1.42. The Morgan fingerprint density at radius 3 is 2.41 bits per heavy atom. The predicted octanol–water partition coefficient (Wildman–Crippen LogP) is 3.42. The van der Waals surface area contributed by atoms with E-state index in [0.717, 1.165) is 44.0 Å². The number of hydrogen-bond donors (Lipinski definition) is 0. The standard InChI is InChI=1S/C18H25ClN2O/c1-20(18(22)16-4-5-16)12-15-8-10-21(11-9-15)13-14-2-6-17(19)7-3-14/h2-3,6-7,15-16H,4-5,8-13H2,1H3. The second-order valence-electron chi connectivity index (χ2n) is 6.84. The highest BCUT2D eigenvalue weighted by molar-refractivity contribution is 6.30. The third-order valence-electron chi connectivity index (χ3n) is 4.86. The summed E-state index contributed by atoms with van der Waals surface area (Å²) in [4.78, 5) is 16.5. The summed E-state index contributed by atoms with van der Waals surface area (Å²) in [6.07, 6.45) is 4.58. The Kier molecular flexibility index (Phi) is 5.04. The lowest BCUT2D eigenvalue weighted by atomic mass is 9.96. The van der Waals surface area contributed by atoms with Crippen molar-refractivity contribution in [3.63, 3.8) is 0 Å². The van der Waals surface area contributed by atoms with Crippen LogP contribution in [0.5, 0.6) is 0 Å². The van der Waals surface area contributed by atoms with Gasteiger partial charge in [-0.25, -0.2) is 0 Å². The maximum absolute atomic E-state index is 12.0. The number of carbonyl (C=O) groups excluding carboxylic acids is 1. The average molecular weight is 321 g/mol. The highest BCUT2D eigenvalue weighted by Gasteiger charge is 2.33. The van der Waals surface area contributed by atoms with E-state index < -0.39 is 0 Å². The highest BCUT2D eigenvalue weighted by Crippen LogP contribution is 2.31. The molecule has 1 amide bonds. The number of amides is 1. The first kappa shape index (κ1) is 15.8. The maximum Gasteiger partial charge on any atom is 0.225 e. The summed E-state index contributed by atoms with van der Waals surface area (Å²) in [7, 11) is 1.97. The monoisotopic (exact) mass is 320 g/mol. The van der Waals surface area contributed by atoms with Crippen molar-refractivity contribution in [2.75, 3.05) is 26.7 Å². The van der Waals surface area contributed by atoms with Crippen molar-refractivity contribution >= 4 is 17.5 Å². The topological polar surface area (TPSA) is 23.6 Å². The molecule has 120 valence electrons. The molecule has 0 N–H and O–H groups in total. The van der Waals surface area contributed by atoms with Gasteiger partial charge in [0.25, 0.3) is 0 Å². The van der Waals surface area contributed by atoms with E-state index in [0.29, 0.717) is 17.7 Å². The van der Waals surface area contributed by atoms with Crippen LogP contribution in [0.15, 0.2) is 24.3 Å². The molecule has 0 atom stereocenters. The van der Waals surface area contributed by atoms with E-state index in [9.17, 15) is 4.79 Å². The SMILES string of the molecule is CN(CC1CCN(Cc2ccc(Cl)cc2)CC1)C(=O)C1CC1. The summed E-state index contributed by atoms with van der Waals surface area (Å²) in [5.74, 6) is 1.37. The van der Waals surface area contributed by atoms with Crippen LogP contribution in [0.25, 0.3) is 0 Å². The molecule has 1 aliphatic carbocycles. The van der Waals surface area contributed by atoms with Gasteiger partial charge in [0.1, 0.15) is 0 Å². The lowest BCUT2D eigenvalue weighted by Crippen LogP contribution is -2.39. The van der Waals surface area contributed by atoms with E-state index in [4.69, 9.17) is 11.6 Å². The van der Waals surface area contributed by atoms with Crippen LogP contribution in [-0.2, 0) is 11.3 Å². The van der Waals surface area contributed by atoms with Crippen molar-refractivity contribution in [3.05, 3.63) is 34.9 Å². The van der Waals surface area contributed by atoms with E-state index in [2.05, 4.69) is 17.0 Å². The first-order valence-corrected chi connectivity index (χ1v) is 8.71. The molecule has 1 aromatic carbocycles. The molecular weight excluding hydrogens is 296 g/mol. The number of piperidine rings is 1. The molecule has 0 spiro atoms. The van der Waals surface area contributed by atoms with Crippen molar-refractivity contribution in [2.45, 2.75) is 32.2 Å². The van der Waals surface area contributed by atoms with Crippen LogP contribution in [0, 0.1) is 11.8 Å². The number of benzene rings is 1. The Hall–Kier alpha value is -1.06. The van der Waals surface area contributed by atoms with Gasteiger partial charge in [-0.3, -0.25) is 9.69 Å². The van der Waals surface area contributed by atoms with Gasteiger partial charge in [-0.05, 0) is 62.4 Å². The van der Waals surface area contributed by atoms with E-state index in [1.54, 1.807) is 0 Å². The molecule has 3 nitrogen and oxygen atoms in total. The molecule has 1 heterocycles. The number of likely N-dealkylation sites (tertiary alicyclic amines) is 1. The Morgan fingerprint density at radius 1 is 1.18 bits per heavy atom. The average Bonchev–Trinajstić information content (AvgIpc) is 3.35. The molecule has 0 radical (unpaired) electrons. The van der Waals surface area contributed by atoms with Crippen molar-refractivity contribution < 1.29 is 4.79 Å². The van der Waals surface area contributed by atoms with Crippen LogP contribution in [0.3, 0.4) is 0 Å². The van der Waals surface area contributed by atoms with Crippen LogP contribution in [-0.4, -0.2) is 42.4 Å². The second-order valence-corrected chi connectivity index (χ2v) is 7.28. The largest absolute Gasteiger partial charge is 0.345 e. The van der Waals surface area contributed by atoms with Crippen molar-refractivity contribution in [3.8, 4) is 0 Å². The van der Waals surface area contributed by atoms with Crippen LogP contribution in [0.4, 0.5) is 0 Å². The number of carbonyl (C=O) groups is 1. The van der Waals surface area contributed by atoms with Crippen LogP contribution in [0.1, 0.15) is 31.2 Å². The summed E-state index contributed by atoms with van der Waals surface area (Å²) in [6, 6.07) is 8.14. The number of nitrogens with zero attached hydrogens (tertiary/aromatic N) is 2. The van der Waals surface area contributed by atoms with Gasteiger partial charge in [-0.15, -0.1) is 0 Å². The summed E-state index contributed by atoms with van der Waals surface area (Å²) >= 11 is 5.93. The Bertz CT molecular complexity index is 504. The molecular formula is C18H25ClN2O. The number of rotatable bonds is 5. The van der Waals surface area contributed by atoms with Crippen molar-refractivity contribution in [2.24, 2.45) is 11.8 Å². The minimum absolute atomic E-state index is 0.343. The molecule has 3 rings (SSSR count). The first-order chi connectivity index (χ1) is 10.6. The molecule has 22 heavy (non-hydrogen) atoms. The van der Waals surface area contributed by atoms with E-state index >= 15 is 0 Å². The molecule has 1 aliphatic heterocycles. The van der Waals surface area contributed by atoms with Gasteiger partial charge in [-0.2, -0.15) is 0 Å².